The molecule has 0 aliphatic heterocycles. The summed E-state index contributed by atoms with van der Waals surface area (Å²) in [6.45, 7) is 1.89. The molecule has 4 nitrogen and oxygen atoms in total. The van der Waals surface area contributed by atoms with Crippen molar-refractivity contribution in [1.29, 1.82) is 0 Å². The van der Waals surface area contributed by atoms with Gasteiger partial charge >= 0.3 is 0 Å². The molecule has 0 bridgehead atoms. The van der Waals surface area contributed by atoms with Crippen molar-refractivity contribution in [3.8, 4) is 0 Å². The number of hydrogen-bond donors (Lipinski definition) is 0. The SMILES string of the molecule is Cc1ccc(S(=O)(=O)n2ccc(Br)c2CC=O)cc1. The van der Waals surface area contributed by atoms with Gasteiger partial charge in [0, 0.05) is 17.1 Å². The van der Waals surface area contributed by atoms with E-state index >= 15 is 0 Å². The van der Waals surface area contributed by atoms with Crippen LogP contribution in [-0.2, 0) is 21.2 Å². The lowest BCUT2D eigenvalue weighted by atomic mass is 10.2. The summed E-state index contributed by atoms with van der Waals surface area (Å²) >= 11 is 3.25. The van der Waals surface area contributed by atoms with Gasteiger partial charge in [0.25, 0.3) is 10.0 Å². The van der Waals surface area contributed by atoms with E-state index in [4.69, 9.17) is 0 Å². The Morgan fingerprint density at radius 3 is 2.42 bits per heavy atom. The lowest BCUT2D eigenvalue weighted by Crippen LogP contribution is -2.15. The molecule has 0 aliphatic rings. The average Bonchev–Trinajstić information content (AvgIpc) is 2.73. The fraction of sp³-hybridized carbons (Fsp3) is 0.154. The van der Waals surface area contributed by atoms with Crippen LogP contribution in [0, 0.1) is 6.92 Å². The quantitative estimate of drug-likeness (QED) is 0.803. The number of rotatable bonds is 4. The molecule has 0 radical (unpaired) electrons. The molecule has 0 saturated carbocycles. The highest BCUT2D eigenvalue weighted by molar-refractivity contribution is 9.10. The fourth-order valence-electron chi connectivity index (χ4n) is 1.74. The monoisotopic (exact) mass is 341 g/mol. The van der Waals surface area contributed by atoms with Crippen LogP contribution in [0.15, 0.2) is 45.9 Å². The molecular formula is C13H12BrNO3S. The van der Waals surface area contributed by atoms with Crippen molar-refractivity contribution >= 4 is 32.2 Å². The first-order chi connectivity index (χ1) is 8.96. The molecule has 1 heterocycles. The topological polar surface area (TPSA) is 56.1 Å². The fourth-order valence-corrected chi connectivity index (χ4v) is 3.72. The second-order valence-electron chi connectivity index (χ2n) is 4.10. The Labute approximate surface area is 120 Å². The van der Waals surface area contributed by atoms with E-state index in [-0.39, 0.29) is 11.3 Å². The summed E-state index contributed by atoms with van der Waals surface area (Å²) < 4.78 is 26.7. The molecule has 0 atom stereocenters. The Hall–Kier alpha value is -1.40. The standard InChI is InChI=1S/C13H12BrNO3S/c1-10-2-4-11(5-3-10)19(17,18)15-8-6-12(14)13(15)7-9-16/h2-6,8-9H,7H2,1H3. The summed E-state index contributed by atoms with van der Waals surface area (Å²) in [6, 6.07) is 8.22. The van der Waals surface area contributed by atoms with Crippen molar-refractivity contribution in [2.75, 3.05) is 0 Å². The second-order valence-corrected chi connectivity index (χ2v) is 6.76. The lowest BCUT2D eigenvalue weighted by Gasteiger charge is -2.09. The number of aromatic nitrogens is 1. The Kier molecular flexibility index (Phi) is 3.91. The van der Waals surface area contributed by atoms with Crippen LogP contribution < -0.4 is 0 Å². The van der Waals surface area contributed by atoms with Crippen LogP contribution in [0.5, 0.6) is 0 Å². The van der Waals surface area contributed by atoms with Crippen LogP contribution in [-0.4, -0.2) is 18.7 Å². The molecule has 0 spiro atoms. The maximum Gasteiger partial charge on any atom is 0.267 e. The van der Waals surface area contributed by atoms with Crippen molar-refractivity contribution in [1.82, 2.24) is 3.97 Å². The minimum atomic E-state index is -3.66. The predicted molar refractivity (Wildman–Crippen MR) is 75.7 cm³/mol. The molecular weight excluding hydrogens is 330 g/mol. The number of aryl methyl sites for hydroxylation is 1. The first-order valence-electron chi connectivity index (χ1n) is 5.58. The van der Waals surface area contributed by atoms with Gasteiger partial charge < -0.3 is 4.79 Å². The van der Waals surface area contributed by atoms with Crippen LogP contribution in [0.3, 0.4) is 0 Å². The van der Waals surface area contributed by atoms with E-state index in [1.54, 1.807) is 30.3 Å². The Morgan fingerprint density at radius 2 is 1.84 bits per heavy atom. The highest BCUT2D eigenvalue weighted by Crippen LogP contribution is 2.23. The maximum atomic E-state index is 12.5. The number of halogens is 1. The highest BCUT2D eigenvalue weighted by Gasteiger charge is 2.20. The molecule has 0 amide bonds. The molecule has 1 aromatic carbocycles. The molecule has 0 saturated heterocycles. The molecule has 2 aromatic rings. The van der Waals surface area contributed by atoms with E-state index in [1.165, 1.54) is 6.20 Å². The number of nitrogens with zero attached hydrogens (tertiary/aromatic N) is 1. The summed E-state index contributed by atoms with van der Waals surface area (Å²) in [5.74, 6) is 0. The molecule has 19 heavy (non-hydrogen) atoms. The number of carbonyl (C=O) groups excluding carboxylic acids is 1. The third-order valence-corrected chi connectivity index (χ3v) is 5.20. The van der Waals surface area contributed by atoms with Crippen LogP contribution in [0.25, 0.3) is 0 Å². The molecule has 0 N–H and O–H groups in total. The van der Waals surface area contributed by atoms with Crippen molar-refractivity contribution in [2.45, 2.75) is 18.2 Å². The summed E-state index contributed by atoms with van der Waals surface area (Å²) in [6.07, 6.45) is 2.16. The molecule has 0 aliphatic carbocycles. The minimum absolute atomic E-state index is 0.0404. The Morgan fingerprint density at radius 1 is 1.21 bits per heavy atom. The van der Waals surface area contributed by atoms with Gasteiger partial charge in [0.05, 0.1) is 10.6 Å². The van der Waals surface area contributed by atoms with Gasteiger partial charge in [-0.2, -0.15) is 0 Å². The maximum absolute atomic E-state index is 12.5. The van der Waals surface area contributed by atoms with Gasteiger partial charge in [-0.25, -0.2) is 12.4 Å². The molecule has 2 rings (SSSR count). The summed E-state index contributed by atoms with van der Waals surface area (Å²) in [5, 5.41) is 0. The first-order valence-corrected chi connectivity index (χ1v) is 7.81. The zero-order valence-corrected chi connectivity index (χ0v) is 12.6. The van der Waals surface area contributed by atoms with Gasteiger partial charge in [0.1, 0.15) is 6.29 Å². The van der Waals surface area contributed by atoms with Gasteiger partial charge in [0.2, 0.25) is 0 Å². The first kappa shape index (κ1) is 14.0. The number of hydrogen-bond acceptors (Lipinski definition) is 3. The van der Waals surface area contributed by atoms with E-state index in [0.717, 1.165) is 9.54 Å². The van der Waals surface area contributed by atoms with Crippen molar-refractivity contribution in [3.63, 3.8) is 0 Å². The zero-order chi connectivity index (χ0) is 14.0. The zero-order valence-electron chi connectivity index (χ0n) is 10.2. The van der Waals surface area contributed by atoms with Crippen LogP contribution in [0.1, 0.15) is 11.3 Å². The van der Waals surface area contributed by atoms with E-state index in [9.17, 15) is 13.2 Å². The predicted octanol–water partition coefficient (Wildman–Crippen LogP) is 2.54. The Balaban J connectivity index is 2.56. The largest absolute Gasteiger partial charge is 0.303 e. The minimum Gasteiger partial charge on any atom is -0.303 e. The van der Waals surface area contributed by atoms with E-state index in [1.807, 2.05) is 6.92 Å². The highest BCUT2D eigenvalue weighted by atomic mass is 79.9. The van der Waals surface area contributed by atoms with E-state index < -0.39 is 10.0 Å². The molecule has 0 fully saturated rings. The number of aldehydes is 1. The number of carbonyl (C=O) groups is 1. The van der Waals surface area contributed by atoms with Gasteiger partial charge in [-0.1, -0.05) is 17.7 Å². The van der Waals surface area contributed by atoms with Crippen LogP contribution >= 0.6 is 15.9 Å². The normalized spacial score (nSPS) is 11.5. The smallest absolute Gasteiger partial charge is 0.267 e. The summed E-state index contributed by atoms with van der Waals surface area (Å²) in [7, 11) is -3.66. The molecule has 6 heteroatoms. The Bertz CT molecular complexity index is 702. The molecule has 100 valence electrons. The third kappa shape index (κ3) is 2.64. The van der Waals surface area contributed by atoms with E-state index in [0.29, 0.717) is 16.5 Å². The van der Waals surface area contributed by atoms with E-state index in [2.05, 4.69) is 15.9 Å². The summed E-state index contributed by atoms with van der Waals surface area (Å²) in [5.41, 5.74) is 1.41. The molecule has 1 aromatic heterocycles. The van der Waals surface area contributed by atoms with Gasteiger partial charge in [0.15, 0.2) is 0 Å². The van der Waals surface area contributed by atoms with Crippen LogP contribution in [0.4, 0.5) is 0 Å². The van der Waals surface area contributed by atoms with Gasteiger partial charge in [-0.05, 0) is 41.1 Å². The summed E-state index contributed by atoms with van der Waals surface area (Å²) in [4.78, 5) is 10.9. The number of benzene rings is 1. The third-order valence-electron chi connectivity index (χ3n) is 2.75. The van der Waals surface area contributed by atoms with Crippen molar-refractivity contribution in [2.24, 2.45) is 0 Å². The van der Waals surface area contributed by atoms with Crippen LogP contribution in [0.2, 0.25) is 0 Å². The lowest BCUT2D eigenvalue weighted by molar-refractivity contribution is -0.107. The average molecular weight is 342 g/mol. The second kappa shape index (κ2) is 5.30. The van der Waals surface area contributed by atoms with Gasteiger partial charge in [-0.15, -0.1) is 0 Å². The van der Waals surface area contributed by atoms with Crippen molar-refractivity contribution in [3.05, 3.63) is 52.3 Å². The van der Waals surface area contributed by atoms with Crippen molar-refractivity contribution < 1.29 is 13.2 Å². The molecule has 0 unspecified atom stereocenters. The van der Waals surface area contributed by atoms with Gasteiger partial charge in [-0.3, -0.25) is 0 Å².